The molecule has 0 radical (unpaired) electrons. The number of nitrogens with one attached hydrogen (secondary N) is 2. The molecule has 4 heterocycles. The highest BCUT2D eigenvalue weighted by molar-refractivity contribution is 6.00. The minimum absolute atomic E-state index is 0.319. The summed E-state index contributed by atoms with van der Waals surface area (Å²) in [5.41, 5.74) is 16.7. The maximum atomic E-state index is 5.37. The fraction of sp³-hybridized carbons (Fsp3) is 0.0625. The number of hydrogen-bond donors (Lipinski definition) is 2. The molecule has 0 saturated heterocycles. The molecule has 0 unspecified atom stereocenters. The van der Waals surface area contributed by atoms with Crippen LogP contribution >= 0.6 is 0 Å². The van der Waals surface area contributed by atoms with Crippen molar-refractivity contribution in [2.45, 2.75) is 17.8 Å². The van der Waals surface area contributed by atoms with Crippen LogP contribution in [0.15, 0.2) is 170 Å². The minimum Gasteiger partial charge on any atom is -0.354 e. The molecule has 3 heteroatoms. The Morgan fingerprint density at radius 2 is 0.627 bits per heavy atom. The van der Waals surface area contributed by atoms with E-state index in [0.717, 1.165) is 66.8 Å². The zero-order valence-corrected chi connectivity index (χ0v) is 28.0. The van der Waals surface area contributed by atoms with E-state index in [1.165, 1.54) is 16.7 Å². The van der Waals surface area contributed by atoms with E-state index < -0.39 is 0 Å². The van der Waals surface area contributed by atoms with Crippen molar-refractivity contribution in [3.05, 3.63) is 198 Å². The van der Waals surface area contributed by atoms with Crippen LogP contribution in [0.3, 0.4) is 0 Å². The number of aromatic amines is 2. The molecule has 3 aromatic carbocycles. The first-order valence-electron chi connectivity index (χ1n) is 17.8. The van der Waals surface area contributed by atoms with Crippen molar-refractivity contribution >= 4 is 34.2 Å². The summed E-state index contributed by atoms with van der Waals surface area (Å²) in [5.74, 6) is 0.960. The van der Waals surface area contributed by atoms with Gasteiger partial charge in [0, 0.05) is 56.5 Å². The van der Waals surface area contributed by atoms with Crippen molar-refractivity contribution in [2.24, 2.45) is 0 Å². The largest absolute Gasteiger partial charge is 0.354 e. The maximum absolute atomic E-state index is 5.37. The second-order valence-corrected chi connectivity index (χ2v) is 13.7. The van der Waals surface area contributed by atoms with E-state index in [1.807, 2.05) is 0 Å². The Morgan fingerprint density at radius 1 is 0.333 bits per heavy atom. The molecule has 0 spiro atoms. The molecule has 10 rings (SSSR count). The lowest BCUT2D eigenvalue weighted by molar-refractivity contribution is 1.10. The van der Waals surface area contributed by atoms with Crippen LogP contribution < -0.4 is 0 Å². The number of nitrogens with zero attached hydrogens (tertiary/aromatic N) is 1. The molecule has 51 heavy (non-hydrogen) atoms. The van der Waals surface area contributed by atoms with Gasteiger partial charge in [0.2, 0.25) is 0 Å². The molecule has 3 aromatic heterocycles. The summed E-state index contributed by atoms with van der Waals surface area (Å²) < 4.78 is 0. The van der Waals surface area contributed by atoms with E-state index >= 15 is 0 Å². The second-order valence-electron chi connectivity index (χ2n) is 13.7. The molecule has 242 valence electrons. The number of hydrogen-bond acceptors (Lipinski definition) is 1. The van der Waals surface area contributed by atoms with Crippen molar-refractivity contribution in [1.29, 1.82) is 0 Å². The Kier molecular flexibility index (Phi) is 7.02. The van der Waals surface area contributed by atoms with Gasteiger partial charge in [-0.15, -0.1) is 0 Å². The number of rotatable bonds is 6. The Morgan fingerprint density at radius 3 is 0.961 bits per heavy atom. The quantitative estimate of drug-likeness (QED) is 0.184. The Balaban J connectivity index is 1.21. The molecule has 6 bridgehead atoms. The molecular formula is C48H35N3. The minimum atomic E-state index is 0.319. The van der Waals surface area contributed by atoms with E-state index in [9.17, 15) is 0 Å². The normalized spacial score (nSPS) is 15.8. The number of H-pyrrole nitrogens is 2. The molecule has 4 aliphatic rings. The summed E-state index contributed by atoms with van der Waals surface area (Å²) in [5, 5.41) is 0. The highest BCUT2D eigenvalue weighted by Gasteiger charge is 2.18. The standard InChI is InChI=1S/C48H35N3/c1-2-8-31(7-1)34-13-19-37(20-14-34)46-40-25-27-42(49-40)47(38-21-15-35(16-22-38)32-9-3-4-10-32)44-29-30-45(51-44)48(43-28-26-41(46)50-43)39-23-17-36(18-24-39)33-11-5-6-12-33/h1-33,49-50H. The van der Waals surface area contributed by atoms with Crippen LogP contribution in [0.25, 0.3) is 67.6 Å². The lowest BCUT2D eigenvalue weighted by atomic mass is 9.96. The van der Waals surface area contributed by atoms with Crippen LogP contribution in [0.2, 0.25) is 0 Å². The van der Waals surface area contributed by atoms with E-state index in [4.69, 9.17) is 4.98 Å². The van der Waals surface area contributed by atoms with Crippen LogP contribution in [0, 0.1) is 0 Å². The molecule has 1 aliphatic heterocycles. The highest BCUT2D eigenvalue weighted by Crippen LogP contribution is 2.39. The van der Waals surface area contributed by atoms with Crippen molar-refractivity contribution in [2.75, 3.05) is 0 Å². The van der Waals surface area contributed by atoms with Gasteiger partial charge in [-0.3, -0.25) is 0 Å². The summed E-state index contributed by atoms with van der Waals surface area (Å²) in [6, 6.07) is 35.8. The van der Waals surface area contributed by atoms with E-state index in [0.29, 0.717) is 17.8 Å². The SMILES string of the molecule is C1=CC(c2ccc(-c3c4nc(c(-c5ccc(C6C=CC=C6)cc5)c5ccc([nH]5)c(-c5ccc(C6C=CC=C6)cc5)c5ccc3[nH]5)C=C4)cc2)C=C1. The average molecular weight is 654 g/mol. The molecule has 3 nitrogen and oxygen atoms in total. The summed E-state index contributed by atoms with van der Waals surface area (Å²) in [6.45, 7) is 0. The lowest BCUT2D eigenvalue weighted by Crippen LogP contribution is -1.92. The zero-order chi connectivity index (χ0) is 33.7. The van der Waals surface area contributed by atoms with Crippen molar-refractivity contribution in [3.63, 3.8) is 0 Å². The first-order valence-corrected chi connectivity index (χ1v) is 17.8. The number of allylic oxidation sites excluding steroid dienone is 12. The molecular weight excluding hydrogens is 619 g/mol. The second kappa shape index (κ2) is 12.2. The topological polar surface area (TPSA) is 44.5 Å². The summed E-state index contributed by atoms with van der Waals surface area (Å²) in [6.07, 6.45) is 30.5. The van der Waals surface area contributed by atoms with Gasteiger partial charge in [-0.05, 0) is 69.8 Å². The molecule has 6 aromatic rings. The average Bonchev–Trinajstić information content (AvgIpc) is 4.03. The van der Waals surface area contributed by atoms with Gasteiger partial charge in [0.15, 0.2) is 0 Å². The number of aromatic nitrogens is 3. The van der Waals surface area contributed by atoms with Crippen LogP contribution in [0.5, 0.6) is 0 Å². The van der Waals surface area contributed by atoms with Gasteiger partial charge in [-0.25, -0.2) is 4.98 Å². The Hall–Kier alpha value is -6.45. The molecule has 3 aliphatic carbocycles. The smallest absolute Gasteiger partial charge is 0.0737 e. The Bertz CT molecular complexity index is 2430. The van der Waals surface area contributed by atoms with E-state index in [-0.39, 0.29) is 0 Å². The van der Waals surface area contributed by atoms with Crippen LogP contribution in [-0.2, 0) is 0 Å². The van der Waals surface area contributed by atoms with Crippen molar-refractivity contribution in [3.8, 4) is 33.4 Å². The fourth-order valence-corrected chi connectivity index (χ4v) is 7.93. The highest BCUT2D eigenvalue weighted by atomic mass is 14.8. The predicted octanol–water partition coefficient (Wildman–Crippen LogP) is 12.3. The van der Waals surface area contributed by atoms with Gasteiger partial charge in [-0.2, -0.15) is 0 Å². The van der Waals surface area contributed by atoms with Gasteiger partial charge in [0.1, 0.15) is 0 Å². The van der Waals surface area contributed by atoms with Gasteiger partial charge in [-0.1, -0.05) is 146 Å². The third kappa shape index (κ3) is 5.26. The van der Waals surface area contributed by atoms with Crippen LogP contribution in [0.4, 0.5) is 0 Å². The summed E-state index contributed by atoms with van der Waals surface area (Å²) in [7, 11) is 0. The van der Waals surface area contributed by atoms with Gasteiger partial charge < -0.3 is 9.97 Å². The lowest BCUT2D eigenvalue weighted by Gasteiger charge is -2.10. The van der Waals surface area contributed by atoms with Crippen LogP contribution in [-0.4, -0.2) is 15.0 Å². The monoisotopic (exact) mass is 653 g/mol. The zero-order valence-electron chi connectivity index (χ0n) is 28.0. The summed E-state index contributed by atoms with van der Waals surface area (Å²) in [4.78, 5) is 13.1. The van der Waals surface area contributed by atoms with Gasteiger partial charge >= 0.3 is 0 Å². The predicted molar refractivity (Wildman–Crippen MR) is 214 cm³/mol. The molecule has 2 N–H and O–H groups in total. The van der Waals surface area contributed by atoms with E-state index in [2.05, 4.69) is 192 Å². The molecule has 0 amide bonds. The molecule has 0 atom stereocenters. The van der Waals surface area contributed by atoms with Gasteiger partial charge in [0.25, 0.3) is 0 Å². The maximum Gasteiger partial charge on any atom is 0.0737 e. The van der Waals surface area contributed by atoms with E-state index in [1.54, 1.807) is 0 Å². The van der Waals surface area contributed by atoms with Crippen LogP contribution in [0.1, 0.15) is 45.8 Å². The number of fused-ring (bicyclic) bond motifs is 6. The molecule has 0 saturated carbocycles. The van der Waals surface area contributed by atoms with Crippen molar-refractivity contribution < 1.29 is 0 Å². The summed E-state index contributed by atoms with van der Waals surface area (Å²) >= 11 is 0. The van der Waals surface area contributed by atoms with Gasteiger partial charge in [0.05, 0.1) is 11.4 Å². The van der Waals surface area contributed by atoms with Crippen molar-refractivity contribution in [1.82, 2.24) is 15.0 Å². The first-order chi connectivity index (χ1) is 25.2. The fourth-order valence-electron chi connectivity index (χ4n) is 7.93. The number of benzene rings is 3. The Labute approximate surface area is 297 Å². The third-order valence-electron chi connectivity index (χ3n) is 10.6. The first kappa shape index (κ1) is 29.5. The molecule has 0 fully saturated rings. The third-order valence-corrected chi connectivity index (χ3v) is 10.6.